The number of rotatable bonds is 4. The SMILES string of the molecule is CC1(C)c2ccccc2-c2ccc(-c3ccc4c(c3)C(C)(C)c3cc(-c5ccc6c(c5)C(C)(C)c5cc(-c7ccc8c(c7)C(C)(C)c7cc(-c9ccccc9)ccc7-8)ccc5-6)ccc3-4)cc21. The van der Waals surface area contributed by atoms with Crippen molar-refractivity contribution in [3.63, 3.8) is 0 Å². The number of hydrogen-bond acceptors (Lipinski definition) is 0. The summed E-state index contributed by atoms with van der Waals surface area (Å²) >= 11 is 0. The smallest absolute Gasteiger partial charge is 0.0159 e. The highest BCUT2D eigenvalue weighted by Crippen LogP contribution is 2.56. The molecule has 9 aromatic rings. The van der Waals surface area contributed by atoms with Crippen LogP contribution in [0, 0.1) is 0 Å². The van der Waals surface area contributed by atoms with Gasteiger partial charge in [0.25, 0.3) is 0 Å². The molecule has 9 aromatic carbocycles. The van der Waals surface area contributed by atoms with E-state index >= 15 is 0 Å². The Balaban J connectivity index is 0.800. The van der Waals surface area contributed by atoms with Gasteiger partial charge in [-0.15, -0.1) is 0 Å². The molecule has 0 radical (unpaired) electrons. The Morgan fingerprint density at radius 2 is 0.394 bits per heavy atom. The van der Waals surface area contributed by atoms with E-state index in [9.17, 15) is 0 Å². The van der Waals surface area contributed by atoms with E-state index in [2.05, 4.69) is 237 Å². The van der Waals surface area contributed by atoms with E-state index in [-0.39, 0.29) is 21.7 Å². The minimum absolute atomic E-state index is 0.0216. The van der Waals surface area contributed by atoms with E-state index in [1.807, 2.05) is 0 Å². The molecular formula is C66H54. The van der Waals surface area contributed by atoms with Crippen LogP contribution in [0.3, 0.4) is 0 Å². The Hall–Kier alpha value is -7.02. The summed E-state index contributed by atoms with van der Waals surface area (Å²) in [7, 11) is 0. The van der Waals surface area contributed by atoms with Gasteiger partial charge < -0.3 is 0 Å². The number of benzene rings is 9. The molecule has 0 aliphatic heterocycles. The predicted molar refractivity (Wildman–Crippen MR) is 278 cm³/mol. The summed E-state index contributed by atoms with van der Waals surface area (Å²) in [6, 6.07) is 69.8. The normalized spacial score (nSPS) is 16.4. The molecular weight excluding hydrogens is 793 g/mol. The van der Waals surface area contributed by atoms with Crippen LogP contribution < -0.4 is 0 Å². The van der Waals surface area contributed by atoms with Crippen LogP contribution in [-0.2, 0) is 21.7 Å². The average Bonchev–Trinajstić information content (AvgIpc) is 3.90. The van der Waals surface area contributed by atoms with Crippen molar-refractivity contribution in [2.45, 2.75) is 77.0 Å². The van der Waals surface area contributed by atoms with Gasteiger partial charge in [0.2, 0.25) is 0 Å². The minimum atomic E-state index is -0.144. The zero-order valence-electron chi connectivity index (χ0n) is 39.3. The maximum atomic E-state index is 2.48. The molecule has 13 rings (SSSR count). The van der Waals surface area contributed by atoms with Gasteiger partial charge in [-0.2, -0.15) is 0 Å². The van der Waals surface area contributed by atoms with Crippen LogP contribution in [0.1, 0.15) is 99.9 Å². The third-order valence-electron chi connectivity index (χ3n) is 16.7. The molecule has 4 aliphatic rings. The minimum Gasteiger partial charge on any atom is -0.0622 e. The molecule has 0 fully saturated rings. The molecule has 4 aliphatic carbocycles. The lowest BCUT2D eigenvalue weighted by Crippen LogP contribution is -2.16. The van der Waals surface area contributed by atoms with Gasteiger partial charge in [0.1, 0.15) is 0 Å². The Morgan fingerprint density at radius 3 is 0.682 bits per heavy atom. The summed E-state index contributed by atoms with van der Waals surface area (Å²) < 4.78 is 0. The molecule has 0 aromatic heterocycles. The zero-order valence-corrected chi connectivity index (χ0v) is 39.3. The van der Waals surface area contributed by atoms with Gasteiger partial charge in [0.15, 0.2) is 0 Å². The van der Waals surface area contributed by atoms with Gasteiger partial charge in [-0.3, -0.25) is 0 Å². The average molecular weight is 847 g/mol. The fraction of sp³-hybridized carbons (Fsp3) is 0.182. The lowest BCUT2D eigenvalue weighted by Gasteiger charge is -2.24. The van der Waals surface area contributed by atoms with Crippen LogP contribution in [-0.4, -0.2) is 0 Å². The summed E-state index contributed by atoms with van der Waals surface area (Å²) in [5.74, 6) is 0. The molecule has 0 heterocycles. The fourth-order valence-electron chi connectivity index (χ4n) is 12.8. The topological polar surface area (TPSA) is 0 Å². The molecule has 0 bridgehead atoms. The first-order valence-electron chi connectivity index (χ1n) is 23.9. The van der Waals surface area contributed by atoms with E-state index < -0.39 is 0 Å². The second-order valence-corrected chi connectivity index (χ2v) is 21.7. The first-order chi connectivity index (χ1) is 31.7. The van der Waals surface area contributed by atoms with E-state index in [0.29, 0.717) is 0 Å². The van der Waals surface area contributed by atoms with Crippen LogP contribution in [0.15, 0.2) is 182 Å². The molecule has 66 heavy (non-hydrogen) atoms. The predicted octanol–water partition coefficient (Wildman–Crippen LogP) is 17.6. The largest absolute Gasteiger partial charge is 0.0622 e. The van der Waals surface area contributed by atoms with Crippen molar-refractivity contribution in [3.05, 3.63) is 226 Å². The Morgan fingerprint density at radius 1 is 0.182 bits per heavy atom. The van der Waals surface area contributed by atoms with Crippen molar-refractivity contribution in [2.24, 2.45) is 0 Å². The first-order valence-corrected chi connectivity index (χ1v) is 23.9. The molecule has 0 N–H and O–H groups in total. The van der Waals surface area contributed by atoms with Gasteiger partial charge >= 0.3 is 0 Å². The Kier molecular flexibility index (Phi) is 7.93. The van der Waals surface area contributed by atoms with Crippen molar-refractivity contribution in [2.75, 3.05) is 0 Å². The van der Waals surface area contributed by atoms with Gasteiger partial charge in [0.05, 0.1) is 0 Å². The third-order valence-corrected chi connectivity index (χ3v) is 16.7. The lowest BCUT2D eigenvalue weighted by molar-refractivity contribution is 0.659. The summed E-state index contributed by atoms with van der Waals surface area (Å²) in [6.45, 7) is 19.2. The second-order valence-electron chi connectivity index (χ2n) is 21.7. The summed E-state index contributed by atoms with van der Waals surface area (Å²) in [4.78, 5) is 0. The van der Waals surface area contributed by atoms with Crippen LogP contribution in [0.25, 0.3) is 89.0 Å². The Bertz CT molecular complexity index is 3570. The van der Waals surface area contributed by atoms with Gasteiger partial charge in [-0.05, 0) is 176 Å². The highest BCUT2D eigenvalue weighted by molar-refractivity contribution is 5.91. The highest BCUT2D eigenvalue weighted by atomic mass is 14.4. The summed E-state index contributed by atoms with van der Waals surface area (Å²) in [5.41, 5.74) is 32.0. The molecule has 318 valence electrons. The van der Waals surface area contributed by atoms with Crippen molar-refractivity contribution in [1.29, 1.82) is 0 Å². The summed E-state index contributed by atoms with van der Waals surface area (Å²) in [6.07, 6.45) is 0. The monoisotopic (exact) mass is 846 g/mol. The van der Waals surface area contributed by atoms with E-state index in [4.69, 9.17) is 0 Å². The molecule has 0 unspecified atom stereocenters. The molecule has 0 spiro atoms. The highest BCUT2D eigenvalue weighted by Gasteiger charge is 2.40. The fourth-order valence-corrected chi connectivity index (χ4v) is 12.8. The molecule has 0 saturated carbocycles. The van der Waals surface area contributed by atoms with Crippen molar-refractivity contribution in [3.8, 4) is 89.0 Å². The van der Waals surface area contributed by atoms with Crippen LogP contribution in [0.4, 0.5) is 0 Å². The van der Waals surface area contributed by atoms with Crippen LogP contribution >= 0.6 is 0 Å². The van der Waals surface area contributed by atoms with Crippen molar-refractivity contribution in [1.82, 2.24) is 0 Å². The Labute approximate surface area is 390 Å². The van der Waals surface area contributed by atoms with E-state index in [1.54, 1.807) is 0 Å². The van der Waals surface area contributed by atoms with E-state index in [1.165, 1.54) is 134 Å². The summed E-state index contributed by atoms with van der Waals surface area (Å²) in [5, 5.41) is 0. The standard InChI is InChI=1S/C66H54/c1-63(2)55-17-13-12-16-47(55)48-26-19-41(33-56(48)63)42-20-28-51-52-30-23-45(37-60(52)65(5,6)59(51)34-42)46-24-31-54-53-29-22-44(36-61(53)66(7,8)62(54)38-46)43-21-27-50-49-25-18-40(39-14-10-9-11-15-39)32-57(49)64(3,4)58(50)35-43/h9-38H,1-8H3. The molecule has 0 saturated heterocycles. The first kappa shape index (κ1) is 39.4. The van der Waals surface area contributed by atoms with E-state index in [0.717, 1.165) is 0 Å². The quantitative estimate of drug-likeness (QED) is 0.166. The maximum Gasteiger partial charge on any atom is 0.0159 e. The number of hydrogen-bond donors (Lipinski definition) is 0. The van der Waals surface area contributed by atoms with Crippen molar-refractivity contribution >= 4 is 0 Å². The maximum absolute atomic E-state index is 2.48. The molecule has 0 amide bonds. The van der Waals surface area contributed by atoms with Crippen molar-refractivity contribution < 1.29 is 0 Å². The number of fused-ring (bicyclic) bond motifs is 12. The zero-order chi connectivity index (χ0) is 45.1. The van der Waals surface area contributed by atoms with Gasteiger partial charge in [-0.25, -0.2) is 0 Å². The molecule has 0 nitrogen and oxygen atoms in total. The molecule has 0 heteroatoms. The van der Waals surface area contributed by atoms with Crippen LogP contribution in [0.2, 0.25) is 0 Å². The second kappa shape index (κ2) is 13.3. The molecule has 0 atom stereocenters. The van der Waals surface area contributed by atoms with Gasteiger partial charge in [-0.1, -0.05) is 195 Å². The third kappa shape index (κ3) is 5.33. The lowest BCUT2D eigenvalue weighted by atomic mass is 9.79. The van der Waals surface area contributed by atoms with Crippen LogP contribution in [0.5, 0.6) is 0 Å². The van der Waals surface area contributed by atoms with Gasteiger partial charge in [0, 0.05) is 21.7 Å².